The molecule has 1 aliphatic rings. The van der Waals surface area contributed by atoms with Crippen molar-refractivity contribution < 1.29 is 32.4 Å². The maximum absolute atomic E-state index is 14.3. The summed E-state index contributed by atoms with van der Waals surface area (Å²) in [5.41, 5.74) is 0.382. The molecule has 0 saturated carbocycles. The van der Waals surface area contributed by atoms with Crippen molar-refractivity contribution in [3.63, 3.8) is 0 Å². The number of nitrogens with one attached hydrogen (secondary N) is 4. The van der Waals surface area contributed by atoms with Crippen molar-refractivity contribution in [2.75, 3.05) is 6.54 Å². The van der Waals surface area contributed by atoms with E-state index in [0.29, 0.717) is 19.3 Å². The molecule has 3 aromatic rings. The summed E-state index contributed by atoms with van der Waals surface area (Å²) in [4.78, 5) is 56.8. The van der Waals surface area contributed by atoms with Crippen molar-refractivity contribution >= 4 is 23.6 Å². The molecule has 222 valence electrons. The van der Waals surface area contributed by atoms with Gasteiger partial charge in [0.1, 0.15) is 24.4 Å². The number of carbonyl (C=O) groups is 4. The second-order valence-electron chi connectivity index (χ2n) is 10.4. The Morgan fingerprint density at radius 1 is 1.02 bits per heavy atom. The summed E-state index contributed by atoms with van der Waals surface area (Å²) in [6.45, 7) is 3.75. The van der Waals surface area contributed by atoms with Crippen molar-refractivity contribution in [1.82, 2.24) is 26.3 Å². The van der Waals surface area contributed by atoms with Crippen molar-refractivity contribution in [2.45, 2.75) is 57.7 Å². The molecule has 42 heavy (non-hydrogen) atoms. The number of hydrogen-bond donors (Lipinski definition) is 4. The van der Waals surface area contributed by atoms with Gasteiger partial charge in [-0.3, -0.25) is 19.2 Å². The van der Waals surface area contributed by atoms with Gasteiger partial charge in [0.15, 0.2) is 17.3 Å². The molecule has 0 unspecified atom stereocenters. The lowest BCUT2D eigenvalue weighted by Crippen LogP contribution is -2.56. The summed E-state index contributed by atoms with van der Waals surface area (Å²) < 4.78 is 33.6. The first-order valence-electron chi connectivity index (χ1n) is 13.8. The summed E-state index contributed by atoms with van der Waals surface area (Å²) in [7, 11) is 0. The van der Waals surface area contributed by atoms with Crippen LogP contribution in [0.3, 0.4) is 0 Å². The van der Waals surface area contributed by atoms with Gasteiger partial charge in [0.2, 0.25) is 17.7 Å². The Balaban J connectivity index is 1.61. The van der Waals surface area contributed by atoms with Gasteiger partial charge < -0.3 is 25.7 Å². The highest BCUT2D eigenvalue weighted by Gasteiger charge is 2.32. The van der Waals surface area contributed by atoms with Gasteiger partial charge in [0.05, 0.1) is 5.56 Å². The van der Waals surface area contributed by atoms with E-state index in [1.165, 1.54) is 12.3 Å². The van der Waals surface area contributed by atoms with Crippen LogP contribution < -0.4 is 21.3 Å². The summed E-state index contributed by atoms with van der Waals surface area (Å²) >= 11 is 0. The van der Waals surface area contributed by atoms with Crippen molar-refractivity contribution in [2.24, 2.45) is 5.92 Å². The summed E-state index contributed by atoms with van der Waals surface area (Å²) in [5, 5.41) is 10.8. The number of halogens is 2. The lowest BCUT2D eigenvalue weighted by atomic mass is 10.00. The van der Waals surface area contributed by atoms with Crippen LogP contribution in [-0.2, 0) is 16.0 Å². The number of nitrogens with zero attached hydrogens (tertiary/aromatic N) is 1. The minimum atomic E-state index is -1.33. The second kappa shape index (κ2) is 13.8. The molecule has 2 bridgehead atoms. The molecular weight excluding hydrogens is 548 g/mol. The molecule has 2 heterocycles. The first-order valence-corrected chi connectivity index (χ1v) is 13.8. The van der Waals surface area contributed by atoms with Gasteiger partial charge in [-0.25, -0.2) is 13.8 Å². The van der Waals surface area contributed by atoms with E-state index in [1.807, 2.05) is 30.3 Å². The second-order valence-corrected chi connectivity index (χ2v) is 10.4. The molecule has 12 heteroatoms. The largest absolute Gasteiger partial charge is 0.446 e. The van der Waals surface area contributed by atoms with Crippen LogP contribution in [0.4, 0.5) is 8.78 Å². The van der Waals surface area contributed by atoms with E-state index >= 15 is 0 Å². The fourth-order valence-corrected chi connectivity index (χ4v) is 4.60. The minimum Gasteiger partial charge on any atom is -0.446 e. The Hall–Kier alpha value is -4.61. The smallest absolute Gasteiger partial charge is 0.273 e. The zero-order valence-corrected chi connectivity index (χ0v) is 23.3. The standard InChI is InChI=1S/C30H33F2N5O5/c1-17(2)25-29(41)35-22(15-18-9-4-3-5-10-18)30-36-23(16-42-30)27(39)33-14-7-6-13-21(28(40)37-25)34-26(38)19-11-8-12-20(31)24(19)32/h3-5,8-12,16-17,21-22,25H,6-7,13-15H2,1-2H3,(H,33,39)(H,34,38)(H,35,41)(H,37,40)/t21-,22+,25-/m0/s1. The zero-order valence-electron chi connectivity index (χ0n) is 23.3. The maximum Gasteiger partial charge on any atom is 0.273 e. The average molecular weight is 582 g/mol. The number of fused-ring (bicyclic) bond motifs is 2. The van der Waals surface area contributed by atoms with Crippen LogP contribution in [0.25, 0.3) is 0 Å². The van der Waals surface area contributed by atoms with Gasteiger partial charge in [-0.15, -0.1) is 0 Å². The SMILES string of the molecule is CC(C)[C@@H]1NC(=O)[C@@H](NC(=O)c2cccc(F)c2F)CCCCNC(=O)c2coc(n2)[C@@H](Cc2ccccc2)NC1=O. The summed E-state index contributed by atoms with van der Waals surface area (Å²) in [6.07, 6.45) is 2.46. The lowest BCUT2D eigenvalue weighted by molar-refractivity contribution is -0.131. The Labute approximate surface area is 241 Å². The molecule has 4 N–H and O–H groups in total. The molecule has 0 saturated heterocycles. The van der Waals surface area contributed by atoms with Gasteiger partial charge in [0.25, 0.3) is 11.8 Å². The van der Waals surface area contributed by atoms with E-state index < -0.39 is 59.0 Å². The molecule has 4 rings (SSSR count). The number of amides is 4. The van der Waals surface area contributed by atoms with Gasteiger partial charge in [-0.05, 0) is 42.9 Å². The molecular formula is C30H33F2N5O5. The number of aromatic nitrogens is 1. The highest BCUT2D eigenvalue weighted by atomic mass is 19.2. The highest BCUT2D eigenvalue weighted by molar-refractivity contribution is 5.98. The Bertz CT molecular complexity index is 1430. The van der Waals surface area contributed by atoms with E-state index in [0.717, 1.165) is 17.7 Å². The third-order valence-corrected chi connectivity index (χ3v) is 6.92. The molecule has 0 radical (unpaired) electrons. The number of hydrogen-bond acceptors (Lipinski definition) is 6. The molecule has 0 aliphatic carbocycles. The highest BCUT2D eigenvalue weighted by Crippen LogP contribution is 2.20. The zero-order chi connectivity index (χ0) is 30.2. The average Bonchev–Trinajstić information content (AvgIpc) is 3.46. The Morgan fingerprint density at radius 3 is 2.52 bits per heavy atom. The van der Waals surface area contributed by atoms with Crippen LogP contribution in [0.1, 0.15) is 71.5 Å². The van der Waals surface area contributed by atoms with Crippen LogP contribution in [0, 0.1) is 17.6 Å². The van der Waals surface area contributed by atoms with E-state index in [-0.39, 0.29) is 30.5 Å². The number of benzene rings is 2. The van der Waals surface area contributed by atoms with E-state index in [9.17, 15) is 28.0 Å². The van der Waals surface area contributed by atoms with Crippen molar-refractivity contribution in [1.29, 1.82) is 0 Å². The third kappa shape index (κ3) is 7.56. The quantitative estimate of drug-likeness (QED) is 0.365. The van der Waals surface area contributed by atoms with Gasteiger partial charge in [0, 0.05) is 13.0 Å². The summed E-state index contributed by atoms with van der Waals surface area (Å²) in [6, 6.07) is 9.54. The fraction of sp³-hybridized carbons (Fsp3) is 0.367. The summed E-state index contributed by atoms with van der Waals surface area (Å²) in [5.74, 6) is -5.40. The molecule has 3 atom stereocenters. The van der Waals surface area contributed by atoms with Crippen LogP contribution in [0.2, 0.25) is 0 Å². The molecule has 2 aromatic carbocycles. The van der Waals surface area contributed by atoms with Crippen LogP contribution in [0.15, 0.2) is 59.2 Å². The molecule has 1 aliphatic heterocycles. The van der Waals surface area contributed by atoms with Crippen LogP contribution >= 0.6 is 0 Å². The van der Waals surface area contributed by atoms with Gasteiger partial charge in [-0.1, -0.05) is 50.2 Å². The molecule has 10 nitrogen and oxygen atoms in total. The Kier molecular flexibility index (Phi) is 10.00. The molecule has 1 aromatic heterocycles. The van der Waals surface area contributed by atoms with E-state index in [1.54, 1.807) is 13.8 Å². The van der Waals surface area contributed by atoms with E-state index in [2.05, 4.69) is 26.3 Å². The predicted molar refractivity (Wildman–Crippen MR) is 148 cm³/mol. The van der Waals surface area contributed by atoms with Crippen LogP contribution in [0.5, 0.6) is 0 Å². The van der Waals surface area contributed by atoms with Crippen LogP contribution in [-0.4, -0.2) is 47.2 Å². The monoisotopic (exact) mass is 581 g/mol. The maximum atomic E-state index is 14.3. The normalized spacial score (nSPS) is 20.4. The minimum absolute atomic E-state index is 0.0559. The molecule has 4 amide bonds. The number of oxazole rings is 1. The molecule has 0 spiro atoms. The topological polar surface area (TPSA) is 142 Å². The first kappa shape index (κ1) is 30.4. The molecule has 0 fully saturated rings. The van der Waals surface area contributed by atoms with Crippen molar-refractivity contribution in [3.8, 4) is 0 Å². The van der Waals surface area contributed by atoms with Gasteiger partial charge >= 0.3 is 0 Å². The van der Waals surface area contributed by atoms with Crippen molar-refractivity contribution in [3.05, 3.63) is 89.1 Å². The van der Waals surface area contributed by atoms with E-state index in [4.69, 9.17) is 4.42 Å². The fourth-order valence-electron chi connectivity index (χ4n) is 4.60. The van der Waals surface area contributed by atoms with Gasteiger partial charge in [-0.2, -0.15) is 0 Å². The number of rotatable bonds is 5. The third-order valence-electron chi connectivity index (χ3n) is 6.92. The number of carbonyl (C=O) groups excluding carboxylic acids is 4. The Morgan fingerprint density at radius 2 is 1.79 bits per heavy atom. The predicted octanol–water partition coefficient (Wildman–Crippen LogP) is 3.21. The lowest BCUT2D eigenvalue weighted by Gasteiger charge is -2.27. The first-order chi connectivity index (χ1) is 20.1.